The number of nitrogens with zero attached hydrogens (tertiary/aromatic N) is 4. The number of aromatic amines is 1. The number of aliphatic hydroxyl groups excluding tert-OH is 1. The number of hydrogen-bond donors (Lipinski definition) is 2. The van der Waals surface area contributed by atoms with E-state index in [0.29, 0.717) is 23.4 Å². The van der Waals surface area contributed by atoms with Gasteiger partial charge in [-0.2, -0.15) is 0 Å². The number of nitro groups is 1. The van der Waals surface area contributed by atoms with Crippen molar-refractivity contribution in [1.82, 2.24) is 20.6 Å². The molecule has 8 heteroatoms. The van der Waals surface area contributed by atoms with Crippen molar-refractivity contribution in [3.8, 4) is 11.4 Å². The van der Waals surface area contributed by atoms with Crippen molar-refractivity contribution in [2.75, 3.05) is 0 Å². The number of tetrazole rings is 1. The van der Waals surface area contributed by atoms with Crippen molar-refractivity contribution in [2.24, 2.45) is 0 Å². The molecule has 1 aromatic carbocycles. The highest BCUT2D eigenvalue weighted by molar-refractivity contribution is 5.64. The second-order valence-electron chi connectivity index (χ2n) is 4.44. The number of aliphatic hydroxyl groups is 1. The number of aromatic nitrogens is 4. The zero-order chi connectivity index (χ0) is 14.5. The number of hydrogen-bond acceptors (Lipinski definition) is 6. The van der Waals surface area contributed by atoms with Crippen LogP contribution in [0.5, 0.6) is 0 Å². The molecule has 1 unspecified atom stereocenters. The standard InChI is InChI=1S/C12H15N5O3/c1-2-3-4-11(18)9-6-5-8(17(19)20)7-10(9)12-13-15-16-14-12/h5-7,11,18H,2-4H2,1H3,(H,13,14,15,16). The molecule has 1 atom stereocenters. The first-order valence-corrected chi connectivity index (χ1v) is 6.34. The van der Waals surface area contributed by atoms with Crippen molar-refractivity contribution in [3.63, 3.8) is 0 Å². The fraction of sp³-hybridized carbons (Fsp3) is 0.417. The van der Waals surface area contributed by atoms with Crippen molar-refractivity contribution in [2.45, 2.75) is 32.3 Å². The number of unbranched alkanes of at least 4 members (excludes halogenated alkanes) is 1. The summed E-state index contributed by atoms with van der Waals surface area (Å²) in [4.78, 5) is 10.4. The number of non-ortho nitro benzene ring substituents is 1. The number of nitro benzene ring substituents is 1. The third-order valence-electron chi connectivity index (χ3n) is 3.04. The molecule has 8 nitrogen and oxygen atoms in total. The second-order valence-corrected chi connectivity index (χ2v) is 4.44. The van der Waals surface area contributed by atoms with Gasteiger partial charge in [0.1, 0.15) is 0 Å². The Morgan fingerprint density at radius 2 is 2.30 bits per heavy atom. The van der Waals surface area contributed by atoms with Crippen molar-refractivity contribution < 1.29 is 10.0 Å². The molecule has 20 heavy (non-hydrogen) atoms. The summed E-state index contributed by atoms with van der Waals surface area (Å²) in [5.74, 6) is 0.305. The van der Waals surface area contributed by atoms with E-state index in [1.807, 2.05) is 6.92 Å². The van der Waals surface area contributed by atoms with Gasteiger partial charge < -0.3 is 5.11 Å². The fourth-order valence-corrected chi connectivity index (χ4v) is 1.98. The highest BCUT2D eigenvalue weighted by Crippen LogP contribution is 2.31. The number of nitrogens with one attached hydrogen (secondary N) is 1. The molecule has 0 spiro atoms. The minimum absolute atomic E-state index is 0.0668. The SMILES string of the molecule is CCCCC(O)c1ccc([N+](=O)[O-])cc1-c1nnn[nH]1. The predicted octanol–water partition coefficient (Wildman–Crippen LogP) is 2.00. The summed E-state index contributed by atoms with van der Waals surface area (Å²) in [6.07, 6.45) is 1.72. The molecule has 0 saturated heterocycles. The second kappa shape index (κ2) is 6.20. The average Bonchev–Trinajstić information content (AvgIpc) is 2.98. The minimum Gasteiger partial charge on any atom is -0.388 e. The maximum atomic E-state index is 10.9. The summed E-state index contributed by atoms with van der Waals surface area (Å²) in [6.45, 7) is 2.03. The van der Waals surface area contributed by atoms with E-state index in [4.69, 9.17) is 0 Å². The number of H-pyrrole nitrogens is 1. The van der Waals surface area contributed by atoms with Crippen molar-refractivity contribution in [1.29, 1.82) is 0 Å². The van der Waals surface area contributed by atoms with Gasteiger partial charge >= 0.3 is 0 Å². The maximum Gasteiger partial charge on any atom is 0.270 e. The molecule has 2 aromatic rings. The van der Waals surface area contributed by atoms with Crippen LogP contribution in [0.2, 0.25) is 0 Å². The molecule has 0 amide bonds. The summed E-state index contributed by atoms with van der Waals surface area (Å²) in [6, 6.07) is 4.29. The van der Waals surface area contributed by atoms with Crippen LogP contribution < -0.4 is 0 Å². The smallest absolute Gasteiger partial charge is 0.270 e. The van der Waals surface area contributed by atoms with E-state index >= 15 is 0 Å². The lowest BCUT2D eigenvalue weighted by Gasteiger charge is -2.13. The molecule has 0 aliphatic rings. The monoisotopic (exact) mass is 277 g/mol. The molecule has 0 aliphatic carbocycles. The van der Waals surface area contributed by atoms with E-state index < -0.39 is 11.0 Å². The van der Waals surface area contributed by atoms with Gasteiger partial charge in [-0.25, -0.2) is 5.10 Å². The van der Waals surface area contributed by atoms with Crippen molar-refractivity contribution in [3.05, 3.63) is 33.9 Å². The molecule has 1 aromatic heterocycles. The normalized spacial score (nSPS) is 12.3. The molecular weight excluding hydrogens is 262 g/mol. The van der Waals surface area contributed by atoms with Gasteiger partial charge in [0.15, 0.2) is 5.82 Å². The van der Waals surface area contributed by atoms with Crippen LogP contribution in [-0.4, -0.2) is 30.7 Å². The lowest BCUT2D eigenvalue weighted by atomic mass is 9.97. The molecule has 0 bridgehead atoms. The van der Waals surface area contributed by atoms with E-state index in [0.717, 1.165) is 12.8 Å². The highest BCUT2D eigenvalue weighted by atomic mass is 16.6. The lowest BCUT2D eigenvalue weighted by Crippen LogP contribution is -2.02. The minimum atomic E-state index is -0.698. The summed E-state index contributed by atoms with van der Waals surface area (Å²) in [5, 5.41) is 34.3. The first-order chi connectivity index (χ1) is 9.63. The zero-order valence-electron chi connectivity index (χ0n) is 11.0. The quantitative estimate of drug-likeness (QED) is 0.615. The van der Waals surface area contributed by atoms with E-state index in [-0.39, 0.29) is 5.69 Å². The third-order valence-corrected chi connectivity index (χ3v) is 3.04. The van der Waals surface area contributed by atoms with Crippen LogP contribution in [0.15, 0.2) is 18.2 Å². The molecule has 0 saturated carbocycles. The van der Waals surface area contributed by atoms with Crippen LogP contribution in [0.1, 0.15) is 37.9 Å². The molecule has 0 radical (unpaired) electrons. The van der Waals surface area contributed by atoms with Gasteiger partial charge in [-0.15, -0.1) is 5.10 Å². The van der Waals surface area contributed by atoms with E-state index in [2.05, 4.69) is 20.6 Å². The number of benzene rings is 1. The Morgan fingerprint density at radius 1 is 1.50 bits per heavy atom. The van der Waals surface area contributed by atoms with E-state index in [9.17, 15) is 15.2 Å². The fourth-order valence-electron chi connectivity index (χ4n) is 1.98. The number of rotatable bonds is 6. The molecule has 2 rings (SSSR count). The Morgan fingerprint density at radius 3 is 2.90 bits per heavy atom. The topological polar surface area (TPSA) is 118 Å². The maximum absolute atomic E-state index is 10.9. The molecule has 106 valence electrons. The van der Waals surface area contributed by atoms with Crippen molar-refractivity contribution >= 4 is 5.69 Å². The van der Waals surface area contributed by atoms with Crippen LogP contribution in [0.3, 0.4) is 0 Å². The Bertz CT molecular complexity index is 585. The van der Waals surface area contributed by atoms with E-state index in [1.54, 1.807) is 6.07 Å². The summed E-state index contributed by atoms with van der Waals surface area (Å²) in [5.41, 5.74) is 0.971. The highest BCUT2D eigenvalue weighted by Gasteiger charge is 2.19. The molecule has 1 heterocycles. The largest absolute Gasteiger partial charge is 0.388 e. The van der Waals surface area contributed by atoms with Gasteiger partial charge in [-0.3, -0.25) is 10.1 Å². The van der Waals surface area contributed by atoms with Gasteiger partial charge in [-0.1, -0.05) is 19.8 Å². The van der Waals surface area contributed by atoms with Crippen LogP contribution in [0, 0.1) is 10.1 Å². The molecule has 0 aliphatic heterocycles. The Hall–Kier alpha value is -2.35. The summed E-state index contributed by atoms with van der Waals surface area (Å²) in [7, 11) is 0. The first-order valence-electron chi connectivity index (χ1n) is 6.34. The lowest BCUT2D eigenvalue weighted by molar-refractivity contribution is -0.384. The van der Waals surface area contributed by atoms with Gasteiger partial charge in [0.25, 0.3) is 5.69 Å². The first kappa shape index (κ1) is 14.1. The molecule has 0 fully saturated rings. The Kier molecular flexibility index (Phi) is 4.36. The van der Waals surface area contributed by atoms with Gasteiger partial charge in [0.05, 0.1) is 11.0 Å². The third kappa shape index (κ3) is 2.97. The van der Waals surface area contributed by atoms with Crippen LogP contribution in [-0.2, 0) is 0 Å². The Labute approximate surface area is 115 Å². The Balaban J connectivity index is 2.42. The summed E-state index contributed by atoms with van der Waals surface area (Å²) >= 11 is 0. The predicted molar refractivity (Wildman–Crippen MR) is 70.8 cm³/mol. The van der Waals surface area contributed by atoms with Gasteiger partial charge in [0, 0.05) is 17.7 Å². The molecule has 2 N–H and O–H groups in total. The average molecular weight is 277 g/mol. The van der Waals surface area contributed by atoms with Gasteiger partial charge in [-0.05, 0) is 28.5 Å². The van der Waals surface area contributed by atoms with E-state index in [1.165, 1.54) is 12.1 Å². The van der Waals surface area contributed by atoms with Crippen LogP contribution >= 0.6 is 0 Å². The summed E-state index contributed by atoms with van der Waals surface area (Å²) < 4.78 is 0. The van der Waals surface area contributed by atoms with Crippen LogP contribution in [0.4, 0.5) is 5.69 Å². The zero-order valence-corrected chi connectivity index (χ0v) is 11.0. The van der Waals surface area contributed by atoms with Crippen LogP contribution in [0.25, 0.3) is 11.4 Å². The van der Waals surface area contributed by atoms with Gasteiger partial charge in [0.2, 0.25) is 0 Å². The molecular formula is C12H15N5O3.